The molecule has 0 spiro atoms. The molecule has 0 bridgehead atoms. The molecule has 0 radical (unpaired) electrons. The zero-order valence-electron chi connectivity index (χ0n) is 11.0. The number of halogens is 1. The second-order valence-electron chi connectivity index (χ2n) is 4.25. The van der Waals surface area contributed by atoms with Gasteiger partial charge in [0.2, 0.25) is 0 Å². The number of aliphatic hydroxyl groups is 1. The number of aryl methyl sites for hydroxylation is 1. The second kappa shape index (κ2) is 5.55. The smallest absolute Gasteiger partial charge is 0.163 e. The number of benzene rings is 1. The van der Waals surface area contributed by atoms with E-state index in [0.29, 0.717) is 16.6 Å². The highest BCUT2D eigenvalue weighted by Gasteiger charge is 2.13. The molecule has 0 saturated carbocycles. The first-order chi connectivity index (χ1) is 9.02. The highest BCUT2D eigenvalue weighted by molar-refractivity contribution is 6.30. The van der Waals surface area contributed by atoms with Crippen LogP contribution >= 0.6 is 11.6 Å². The van der Waals surface area contributed by atoms with Gasteiger partial charge in [0.15, 0.2) is 5.82 Å². The van der Waals surface area contributed by atoms with E-state index < -0.39 is 6.10 Å². The van der Waals surface area contributed by atoms with Crippen molar-refractivity contribution in [1.82, 2.24) is 9.97 Å². The summed E-state index contributed by atoms with van der Waals surface area (Å²) in [6, 6.07) is 5.30. The van der Waals surface area contributed by atoms with Crippen LogP contribution in [0, 0.1) is 6.92 Å². The number of nitrogens with zero attached hydrogens (tertiary/aromatic N) is 2. The molecule has 1 aromatic heterocycles. The number of hydrogen-bond donors (Lipinski definition) is 1. The van der Waals surface area contributed by atoms with Crippen molar-refractivity contribution >= 4 is 11.6 Å². The van der Waals surface area contributed by atoms with Gasteiger partial charge >= 0.3 is 0 Å². The summed E-state index contributed by atoms with van der Waals surface area (Å²) in [6.45, 7) is 3.53. The minimum absolute atomic E-state index is 0.551. The summed E-state index contributed by atoms with van der Waals surface area (Å²) in [4.78, 5) is 8.68. The Kier molecular flexibility index (Phi) is 4.02. The summed E-state index contributed by atoms with van der Waals surface area (Å²) in [5.74, 6) is 1.17. The Hall–Kier alpha value is -1.65. The Morgan fingerprint density at radius 2 is 2.11 bits per heavy atom. The molecule has 0 aliphatic heterocycles. The molecule has 1 aromatic carbocycles. The average molecular weight is 279 g/mol. The van der Waals surface area contributed by atoms with Gasteiger partial charge in [-0.05, 0) is 32.0 Å². The molecule has 0 amide bonds. The van der Waals surface area contributed by atoms with Crippen molar-refractivity contribution in [3.05, 3.63) is 40.7 Å². The van der Waals surface area contributed by atoms with Gasteiger partial charge in [0, 0.05) is 22.5 Å². The number of methoxy groups -OCH3 is 1. The maximum atomic E-state index is 9.58. The van der Waals surface area contributed by atoms with Gasteiger partial charge in [0.05, 0.1) is 18.8 Å². The van der Waals surface area contributed by atoms with Crippen molar-refractivity contribution in [3.8, 4) is 17.1 Å². The summed E-state index contributed by atoms with van der Waals surface area (Å²) >= 11 is 5.93. The zero-order chi connectivity index (χ0) is 14.0. The molecule has 1 atom stereocenters. The molecular formula is C14H15ClN2O2. The van der Waals surface area contributed by atoms with Crippen LogP contribution in [-0.2, 0) is 0 Å². The first kappa shape index (κ1) is 13.8. The minimum atomic E-state index is -0.582. The van der Waals surface area contributed by atoms with Crippen molar-refractivity contribution in [3.63, 3.8) is 0 Å². The molecule has 0 unspecified atom stereocenters. The summed E-state index contributed by atoms with van der Waals surface area (Å²) in [5.41, 5.74) is 2.24. The average Bonchev–Trinajstić information content (AvgIpc) is 2.37. The molecule has 100 valence electrons. The molecule has 4 nitrogen and oxygen atoms in total. The summed E-state index contributed by atoms with van der Waals surface area (Å²) in [6.07, 6.45) is 1.05. The molecule has 0 fully saturated rings. The lowest BCUT2D eigenvalue weighted by Crippen LogP contribution is -2.02. The fourth-order valence-electron chi connectivity index (χ4n) is 1.87. The fourth-order valence-corrected chi connectivity index (χ4v) is 2.03. The number of aromatic nitrogens is 2. The molecule has 0 aliphatic carbocycles. The molecule has 5 heteroatoms. The van der Waals surface area contributed by atoms with Gasteiger partial charge in [0.1, 0.15) is 5.75 Å². The third kappa shape index (κ3) is 2.85. The number of hydrogen-bond acceptors (Lipinski definition) is 4. The molecule has 2 aromatic rings. The van der Waals surface area contributed by atoms with Gasteiger partial charge in [-0.15, -0.1) is 0 Å². The van der Waals surface area contributed by atoms with Crippen molar-refractivity contribution < 1.29 is 9.84 Å². The highest BCUT2D eigenvalue weighted by atomic mass is 35.5. The van der Waals surface area contributed by atoms with Crippen LogP contribution in [0.25, 0.3) is 11.4 Å². The van der Waals surface area contributed by atoms with E-state index >= 15 is 0 Å². The number of aliphatic hydroxyl groups excluding tert-OH is 1. The Morgan fingerprint density at radius 3 is 2.68 bits per heavy atom. The van der Waals surface area contributed by atoms with Gasteiger partial charge < -0.3 is 9.84 Å². The Labute approximate surface area is 117 Å². The lowest BCUT2D eigenvalue weighted by molar-refractivity contribution is 0.197. The van der Waals surface area contributed by atoms with E-state index in [1.54, 1.807) is 32.4 Å². The Balaban J connectivity index is 2.51. The molecule has 0 aliphatic rings. The lowest BCUT2D eigenvalue weighted by atomic mass is 10.1. The van der Waals surface area contributed by atoms with Gasteiger partial charge in [-0.25, -0.2) is 9.97 Å². The van der Waals surface area contributed by atoms with Gasteiger partial charge in [0.25, 0.3) is 0 Å². The van der Waals surface area contributed by atoms with E-state index in [2.05, 4.69) is 9.97 Å². The molecule has 2 rings (SSSR count). The lowest BCUT2D eigenvalue weighted by Gasteiger charge is -2.11. The van der Waals surface area contributed by atoms with E-state index in [1.165, 1.54) is 0 Å². The molecule has 19 heavy (non-hydrogen) atoms. The van der Waals surface area contributed by atoms with Crippen LogP contribution in [0.3, 0.4) is 0 Å². The monoisotopic (exact) mass is 278 g/mol. The van der Waals surface area contributed by atoms with Gasteiger partial charge in [-0.3, -0.25) is 0 Å². The van der Waals surface area contributed by atoms with Crippen LogP contribution in [0.15, 0.2) is 24.4 Å². The second-order valence-corrected chi connectivity index (χ2v) is 4.69. The van der Waals surface area contributed by atoms with Crippen molar-refractivity contribution in [2.24, 2.45) is 0 Å². The first-order valence-corrected chi connectivity index (χ1v) is 6.26. The quantitative estimate of drug-likeness (QED) is 0.937. The van der Waals surface area contributed by atoms with E-state index in [9.17, 15) is 5.11 Å². The minimum Gasteiger partial charge on any atom is -0.496 e. The first-order valence-electron chi connectivity index (χ1n) is 5.88. The van der Waals surface area contributed by atoms with Crippen molar-refractivity contribution in [2.75, 3.05) is 7.11 Å². The number of ether oxygens (including phenoxy) is 1. The molecule has 0 saturated heterocycles. The van der Waals surface area contributed by atoms with Crippen LogP contribution in [0.2, 0.25) is 5.02 Å². The van der Waals surface area contributed by atoms with Gasteiger partial charge in [-0.2, -0.15) is 0 Å². The third-order valence-electron chi connectivity index (χ3n) is 2.87. The van der Waals surface area contributed by atoms with Crippen molar-refractivity contribution in [2.45, 2.75) is 20.0 Å². The predicted octanol–water partition coefficient (Wildman–Crippen LogP) is 3.17. The third-order valence-corrected chi connectivity index (χ3v) is 3.11. The Morgan fingerprint density at radius 1 is 1.37 bits per heavy atom. The highest BCUT2D eigenvalue weighted by Crippen LogP contribution is 2.30. The summed E-state index contributed by atoms with van der Waals surface area (Å²) in [5, 5.41) is 10.2. The summed E-state index contributed by atoms with van der Waals surface area (Å²) < 4.78 is 5.28. The summed E-state index contributed by atoms with van der Waals surface area (Å²) in [7, 11) is 1.58. The SMILES string of the molecule is COc1cc(Cl)ccc1-c1ncc([C@H](C)O)c(C)n1. The maximum absolute atomic E-state index is 9.58. The van der Waals surface area contributed by atoms with E-state index in [0.717, 1.165) is 16.8 Å². The van der Waals surface area contributed by atoms with Crippen LogP contribution in [0.5, 0.6) is 5.75 Å². The fraction of sp³-hybridized carbons (Fsp3) is 0.286. The molecule has 1 N–H and O–H groups in total. The largest absolute Gasteiger partial charge is 0.496 e. The molecule has 1 heterocycles. The van der Waals surface area contributed by atoms with E-state index in [4.69, 9.17) is 16.3 Å². The molecular weight excluding hydrogens is 264 g/mol. The predicted molar refractivity (Wildman–Crippen MR) is 74.4 cm³/mol. The topological polar surface area (TPSA) is 55.2 Å². The van der Waals surface area contributed by atoms with Crippen LogP contribution < -0.4 is 4.74 Å². The maximum Gasteiger partial charge on any atom is 0.163 e. The van der Waals surface area contributed by atoms with Crippen LogP contribution in [0.4, 0.5) is 0 Å². The normalized spacial score (nSPS) is 12.3. The Bertz CT molecular complexity index is 600. The van der Waals surface area contributed by atoms with Crippen LogP contribution in [0.1, 0.15) is 24.3 Å². The number of rotatable bonds is 3. The van der Waals surface area contributed by atoms with E-state index in [1.807, 2.05) is 13.0 Å². The zero-order valence-corrected chi connectivity index (χ0v) is 11.8. The standard InChI is InChI=1S/C14H15ClN2O2/c1-8-12(9(2)18)7-16-14(17-8)11-5-4-10(15)6-13(11)19-3/h4-7,9,18H,1-3H3/t9-/m0/s1. The van der Waals surface area contributed by atoms with Crippen molar-refractivity contribution in [1.29, 1.82) is 0 Å². The van der Waals surface area contributed by atoms with Gasteiger partial charge in [-0.1, -0.05) is 11.6 Å². The van der Waals surface area contributed by atoms with E-state index in [-0.39, 0.29) is 0 Å². The van der Waals surface area contributed by atoms with Crippen LogP contribution in [-0.4, -0.2) is 22.2 Å².